The van der Waals surface area contributed by atoms with Gasteiger partial charge in [-0.25, -0.2) is 0 Å². The molecule has 0 radical (unpaired) electrons. The zero-order valence-corrected chi connectivity index (χ0v) is 14.4. The number of ether oxygens (including phenoxy) is 2. The normalized spacial score (nSPS) is 16.7. The fourth-order valence-corrected chi connectivity index (χ4v) is 2.33. The largest absolute Gasteiger partial charge is 0.382 e. The van der Waals surface area contributed by atoms with Crippen LogP contribution in [0.15, 0.2) is 4.99 Å². The van der Waals surface area contributed by atoms with Crippen LogP contribution in [0.5, 0.6) is 0 Å². The average Bonchev–Trinajstić information content (AvgIpc) is 2.55. The van der Waals surface area contributed by atoms with Crippen molar-refractivity contribution in [3.05, 3.63) is 0 Å². The molecule has 130 valence electrons. The van der Waals surface area contributed by atoms with Gasteiger partial charge in [-0.2, -0.15) is 0 Å². The summed E-state index contributed by atoms with van der Waals surface area (Å²) >= 11 is 0. The molecule has 1 heterocycles. The van der Waals surface area contributed by atoms with Crippen molar-refractivity contribution in [1.82, 2.24) is 15.5 Å². The summed E-state index contributed by atoms with van der Waals surface area (Å²) < 4.78 is 10.7. The number of unbranched alkanes of at least 4 members (excludes halogenated alkanes) is 1. The maximum Gasteiger partial charge on any atom is 0.191 e. The minimum absolute atomic E-state index is 0.806. The van der Waals surface area contributed by atoms with Crippen molar-refractivity contribution in [2.75, 3.05) is 65.7 Å². The van der Waals surface area contributed by atoms with Gasteiger partial charge in [0.05, 0.1) is 13.2 Å². The van der Waals surface area contributed by atoms with Crippen LogP contribution in [0.2, 0.25) is 0 Å². The first-order chi connectivity index (χ1) is 10.9. The van der Waals surface area contributed by atoms with Crippen LogP contribution < -0.4 is 10.6 Å². The van der Waals surface area contributed by atoms with Gasteiger partial charge in [-0.3, -0.25) is 9.89 Å². The molecule has 0 unspecified atom stereocenters. The van der Waals surface area contributed by atoms with Crippen molar-refractivity contribution in [2.24, 2.45) is 4.99 Å². The Morgan fingerprint density at radius 2 is 1.95 bits per heavy atom. The molecule has 0 saturated carbocycles. The zero-order valence-electron chi connectivity index (χ0n) is 14.4. The maximum atomic E-state index is 5.36. The van der Waals surface area contributed by atoms with Gasteiger partial charge in [0, 0.05) is 52.5 Å². The summed E-state index contributed by atoms with van der Waals surface area (Å²) in [5.74, 6) is 0.931. The molecule has 0 aromatic rings. The molecule has 0 bridgehead atoms. The van der Waals surface area contributed by atoms with Gasteiger partial charge in [0.25, 0.3) is 0 Å². The number of nitrogens with zero attached hydrogens (tertiary/aromatic N) is 2. The van der Waals surface area contributed by atoms with Crippen LogP contribution in [0.4, 0.5) is 0 Å². The molecule has 0 amide bonds. The van der Waals surface area contributed by atoms with E-state index in [0.717, 1.165) is 90.9 Å². The number of aliphatic imine (C=N–C) groups is 1. The fourth-order valence-electron chi connectivity index (χ4n) is 2.33. The van der Waals surface area contributed by atoms with Crippen molar-refractivity contribution in [2.45, 2.75) is 33.1 Å². The van der Waals surface area contributed by atoms with Crippen LogP contribution >= 0.6 is 0 Å². The van der Waals surface area contributed by atoms with E-state index in [9.17, 15) is 0 Å². The van der Waals surface area contributed by atoms with E-state index in [4.69, 9.17) is 9.47 Å². The minimum Gasteiger partial charge on any atom is -0.382 e. The third-order valence-electron chi connectivity index (χ3n) is 3.56. The minimum atomic E-state index is 0.806. The van der Waals surface area contributed by atoms with Gasteiger partial charge in [0.15, 0.2) is 5.96 Å². The average molecular weight is 314 g/mol. The Labute approximate surface area is 135 Å². The molecule has 6 heteroatoms. The number of hydrogen-bond donors (Lipinski definition) is 2. The zero-order chi connectivity index (χ0) is 15.9. The summed E-state index contributed by atoms with van der Waals surface area (Å²) in [5, 5.41) is 6.68. The second kappa shape index (κ2) is 13.8. The molecule has 2 N–H and O–H groups in total. The first-order valence-corrected chi connectivity index (χ1v) is 8.76. The highest BCUT2D eigenvalue weighted by Crippen LogP contribution is 1.98. The third kappa shape index (κ3) is 9.97. The Bertz CT molecular complexity index is 281. The van der Waals surface area contributed by atoms with Crippen LogP contribution in [0.25, 0.3) is 0 Å². The molecule has 1 rings (SSSR count). The fraction of sp³-hybridized carbons (Fsp3) is 0.938. The highest BCUT2D eigenvalue weighted by Gasteiger charge is 2.08. The number of hydrogen-bond acceptors (Lipinski definition) is 4. The van der Waals surface area contributed by atoms with E-state index >= 15 is 0 Å². The standard InChI is InChI=1S/C16H34N4O2/c1-3-17-16(18-8-5-6-13-21-4-2)19-9-7-10-20-11-14-22-15-12-20/h3-15H2,1-2H3,(H2,17,18,19). The lowest BCUT2D eigenvalue weighted by Crippen LogP contribution is -2.38. The predicted octanol–water partition coefficient (Wildman–Crippen LogP) is 1.08. The molecule has 0 aliphatic carbocycles. The highest BCUT2D eigenvalue weighted by atomic mass is 16.5. The Hall–Kier alpha value is -0.850. The van der Waals surface area contributed by atoms with Crippen LogP contribution in [0.1, 0.15) is 33.1 Å². The van der Waals surface area contributed by atoms with E-state index in [1.165, 1.54) is 0 Å². The van der Waals surface area contributed by atoms with Crippen molar-refractivity contribution >= 4 is 5.96 Å². The van der Waals surface area contributed by atoms with E-state index in [-0.39, 0.29) is 0 Å². The van der Waals surface area contributed by atoms with Crippen LogP contribution in [0.3, 0.4) is 0 Å². The van der Waals surface area contributed by atoms with E-state index in [0.29, 0.717) is 0 Å². The predicted molar refractivity (Wildman–Crippen MR) is 91.6 cm³/mol. The van der Waals surface area contributed by atoms with E-state index in [1.54, 1.807) is 0 Å². The van der Waals surface area contributed by atoms with E-state index < -0.39 is 0 Å². The van der Waals surface area contributed by atoms with Crippen LogP contribution in [-0.2, 0) is 9.47 Å². The summed E-state index contributed by atoms with van der Waals surface area (Å²) in [6.07, 6.45) is 3.30. The Morgan fingerprint density at radius 1 is 1.14 bits per heavy atom. The lowest BCUT2D eigenvalue weighted by Gasteiger charge is -2.26. The van der Waals surface area contributed by atoms with Crippen molar-refractivity contribution < 1.29 is 9.47 Å². The molecule has 0 spiro atoms. The molecule has 0 atom stereocenters. The van der Waals surface area contributed by atoms with Gasteiger partial charge in [-0.15, -0.1) is 0 Å². The number of nitrogens with one attached hydrogen (secondary N) is 2. The molecule has 1 aliphatic heterocycles. The lowest BCUT2D eigenvalue weighted by atomic mass is 10.3. The number of guanidine groups is 1. The Balaban J connectivity index is 2.09. The Morgan fingerprint density at radius 3 is 2.68 bits per heavy atom. The van der Waals surface area contributed by atoms with Crippen molar-refractivity contribution in [1.29, 1.82) is 0 Å². The van der Waals surface area contributed by atoms with E-state index in [2.05, 4.69) is 27.4 Å². The molecular weight excluding hydrogens is 280 g/mol. The van der Waals surface area contributed by atoms with Gasteiger partial charge < -0.3 is 20.1 Å². The summed E-state index contributed by atoms with van der Waals surface area (Å²) in [5.41, 5.74) is 0. The second-order valence-electron chi connectivity index (χ2n) is 5.40. The summed E-state index contributed by atoms with van der Waals surface area (Å²) in [6, 6.07) is 0. The van der Waals surface area contributed by atoms with Gasteiger partial charge >= 0.3 is 0 Å². The number of rotatable bonds is 11. The molecule has 0 aromatic carbocycles. The molecule has 1 fully saturated rings. The van der Waals surface area contributed by atoms with Crippen molar-refractivity contribution in [3.8, 4) is 0 Å². The highest BCUT2D eigenvalue weighted by molar-refractivity contribution is 5.79. The molecule has 22 heavy (non-hydrogen) atoms. The molecule has 1 aliphatic rings. The number of morpholine rings is 1. The third-order valence-corrected chi connectivity index (χ3v) is 3.56. The lowest BCUT2D eigenvalue weighted by molar-refractivity contribution is 0.0377. The van der Waals surface area contributed by atoms with Crippen LogP contribution in [-0.4, -0.2) is 76.6 Å². The summed E-state index contributed by atoms with van der Waals surface area (Å²) in [6.45, 7) is 13.5. The summed E-state index contributed by atoms with van der Waals surface area (Å²) in [7, 11) is 0. The first-order valence-electron chi connectivity index (χ1n) is 8.76. The van der Waals surface area contributed by atoms with Gasteiger partial charge in [-0.05, 0) is 33.1 Å². The quantitative estimate of drug-likeness (QED) is 0.339. The van der Waals surface area contributed by atoms with E-state index in [1.807, 2.05) is 6.92 Å². The SMILES string of the molecule is CCNC(=NCCCN1CCOCC1)NCCCCOCC. The molecule has 0 aromatic heterocycles. The van der Waals surface area contributed by atoms with Gasteiger partial charge in [0.1, 0.15) is 0 Å². The van der Waals surface area contributed by atoms with Crippen LogP contribution in [0, 0.1) is 0 Å². The Kier molecular flexibility index (Phi) is 12.0. The molecular formula is C16H34N4O2. The van der Waals surface area contributed by atoms with Gasteiger partial charge in [0.2, 0.25) is 0 Å². The maximum absolute atomic E-state index is 5.36. The monoisotopic (exact) mass is 314 g/mol. The smallest absolute Gasteiger partial charge is 0.191 e. The summed E-state index contributed by atoms with van der Waals surface area (Å²) in [4.78, 5) is 7.09. The molecule has 6 nitrogen and oxygen atoms in total. The first kappa shape index (κ1) is 19.2. The van der Waals surface area contributed by atoms with Crippen molar-refractivity contribution in [3.63, 3.8) is 0 Å². The van der Waals surface area contributed by atoms with Gasteiger partial charge in [-0.1, -0.05) is 0 Å². The topological polar surface area (TPSA) is 58.1 Å². The molecule has 1 saturated heterocycles. The second-order valence-corrected chi connectivity index (χ2v) is 5.40.